The zero-order valence-corrected chi connectivity index (χ0v) is 19.4. The number of nitrogens with one attached hydrogen (secondary N) is 1. The maximum Gasteiger partial charge on any atom is 0.255 e. The molecule has 0 radical (unpaired) electrons. The van der Waals surface area contributed by atoms with Gasteiger partial charge in [0.25, 0.3) is 5.91 Å². The molecule has 1 atom stereocenters. The van der Waals surface area contributed by atoms with Crippen molar-refractivity contribution in [2.24, 2.45) is 0 Å². The number of benzene rings is 2. The molecular formula is C26H25FN4O2S. The Hall–Kier alpha value is -3.33. The van der Waals surface area contributed by atoms with Crippen LogP contribution >= 0.6 is 11.3 Å². The number of hydrogen-bond donors (Lipinski definition) is 1. The zero-order chi connectivity index (χ0) is 23.3. The SMILES string of the molecule is O=C(NCC(c1ccc(F)cc1)N1CCOCC1)c1cn(-c2ccccc2)nc1-c1cccs1. The van der Waals surface area contributed by atoms with Gasteiger partial charge < -0.3 is 10.1 Å². The van der Waals surface area contributed by atoms with E-state index in [1.165, 1.54) is 12.1 Å². The summed E-state index contributed by atoms with van der Waals surface area (Å²) in [6.07, 6.45) is 1.78. The van der Waals surface area contributed by atoms with Crippen LogP contribution in [0.15, 0.2) is 78.3 Å². The first kappa shape index (κ1) is 22.5. The summed E-state index contributed by atoms with van der Waals surface area (Å²) in [6.45, 7) is 3.18. The summed E-state index contributed by atoms with van der Waals surface area (Å²) in [5.74, 6) is -0.464. The Labute approximate surface area is 201 Å². The number of amides is 1. The van der Waals surface area contributed by atoms with Crippen LogP contribution in [0.5, 0.6) is 0 Å². The average molecular weight is 477 g/mol. The van der Waals surface area contributed by atoms with E-state index in [2.05, 4.69) is 10.2 Å². The van der Waals surface area contributed by atoms with E-state index >= 15 is 0 Å². The highest BCUT2D eigenvalue weighted by molar-refractivity contribution is 7.13. The fourth-order valence-corrected chi connectivity index (χ4v) is 4.89. The Morgan fingerprint density at radius 3 is 2.53 bits per heavy atom. The number of rotatable bonds is 7. The third kappa shape index (κ3) is 4.94. The molecule has 3 heterocycles. The largest absolute Gasteiger partial charge is 0.379 e. The van der Waals surface area contributed by atoms with Crippen LogP contribution in [-0.4, -0.2) is 53.4 Å². The Bertz CT molecular complexity index is 1220. The summed E-state index contributed by atoms with van der Waals surface area (Å²) in [5, 5.41) is 9.81. The third-order valence-electron chi connectivity index (χ3n) is 5.93. The molecule has 174 valence electrons. The van der Waals surface area contributed by atoms with Crippen molar-refractivity contribution in [1.29, 1.82) is 0 Å². The number of morpholine rings is 1. The molecule has 5 rings (SSSR count). The van der Waals surface area contributed by atoms with Crippen molar-refractivity contribution >= 4 is 17.2 Å². The van der Waals surface area contributed by atoms with Gasteiger partial charge in [0, 0.05) is 25.8 Å². The predicted octanol–water partition coefficient (Wildman–Crippen LogP) is 4.54. The number of nitrogens with zero attached hydrogens (tertiary/aromatic N) is 3. The number of para-hydroxylation sites is 1. The van der Waals surface area contributed by atoms with Crippen LogP contribution < -0.4 is 5.32 Å². The number of hydrogen-bond acceptors (Lipinski definition) is 5. The quantitative estimate of drug-likeness (QED) is 0.425. The number of carbonyl (C=O) groups is 1. The lowest BCUT2D eigenvalue weighted by molar-refractivity contribution is 0.0162. The summed E-state index contributed by atoms with van der Waals surface area (Å²) in [5.41, 5.74) is 3.02. The van der Waals surface area contributed by atoms with Crippen molar-refractivity contribution in [3.8, 4) is 16.3 Å². The minimum absolute atomic E-state index is 0.0807. The third-order valence-corrected chi connectivity index (χ3v) is 6.81. The number of carbonyl (C=O) groups excluding carboxylic acids is 1. The molecule has 1 aliphatic heterocycles. The summed E-state index contributed by atoms with van der Waals surface area (Å²) < 4.78 is 20.8. The van der Waals surface area contributed by atoms with E-state index in [0.717, 1.165) is 29.2 Å². The Morgan fingerprint density at radius 1 is 1.06 bits per heavy atom. The molecule has 4 aromatic rings. The van der Waals surface area contributed by atoms with Gasteiger partial charge in [0.15, 0.2) is 0 Å². The topological polar surface area (TPSA) is 59.4 Å². The fraction of sp³-hybridized carbons (Fsp3) is 0.231. The molecule has 6 nitrogen and oxygen atoms in total. The van der Waals surface area contributed by atoms with Crippen LogP contribution in [-0.2, 0) is 4.74 Å². The molecular weight excluding hydrogens is 451 g/mol. The van der Waals surface area contributed by atoms with Crippen molar-refractivity contribution in [2.75, 3.05) is 32.8 Å². The number of ether oxygens (including phenoxy) is 1. The number of halogens is 1. The lowest BCUT2D eigenvalue weighted by Crippen LogP contribution is -2.43. The van der Waals surface area contributed by atoms with Crippen LogP contribution in [0.3, 0.4) is 0 Å². The number of thiophene rings is 1. The van der Waals surface area contributed by atoms with E-state index in [1.54, 1.807) is 34.3 Å². The molecule has 1 N–H and O–H groups in total. The number of aromatic nitrogens is 2. The van der Waals surface area contributed by atoms with Crippen molar-refractivity contribution in [1.82, 2.24) is 20.0 Å². The smallest absolute Gasteiger partial charge is 0.255 e. The molecule has 2 aromatic carbocycles. The van der Waals surface area contributed by atoms with Crippen LogP contribution in [0.1, 0.15) is 22.0 Å². The molecule has 0 bridgehead atoms. The van der Waals surface area contributed by atoms with Gasteiger partial charge in [0.2, 0.25) is 0 Å². The monoisotopic (exact) mass is 476 g/mol. The summed E-state index contributed by atoms with van der Waals surface area (Å²) in [4.78, 5) is 16.6. The van der Waals surface area contributed by atoms with E-state index in [1.807, 2.05) is 47.8 Å². The van der Waals surface area contributed by atoms with E-state index in [-0.39, 0.29) is 17.8 Å². The van der Waals surface area contributed by atoms with Crippen LogP contribution in [0.2, 0.25) is 0 Å². The molecule has 8 heteroatoms. The van der Waals surface area contributed by atoms with Gasteiger partial charge in [-0.2, -0.15) is 5.10 Å². The van der Waals surface area contributed by atoms with E-state index in [4.69, 9.17) is 9.84 Å². The lowest BCUT2D eigenvalue weighted by atomic mass is 10.0. The first-order valence-electron chi connectivity index (χ1n) is 11.2. The molecule has 34 heavy (non-hydrogen) atoms. The highest BCUT2D eigenvalue weighted by Gasteiger charge is 2.25. The Morgan fingerprint density at radius 2 is 1.82 bits per heavy atom. The van der Waals surface area contributed by atoms with E-state index < -0.39 is 0 Å². The molecule has 1 aliphatic rings. The van der Waals surface area contributed by atoms with Gasteiger partial charge >= 0.3 is 0 Å². The second kappa shape index (κ2) is 10.3. The van der Waals surface area contributed by atoms with Crippen molar-refractivity contribution in [3.63, 3.8) is 0 Å². The summed E-state index contributed by atoms with van der Waals surface area (Å²) in [7, 11) is 0. The van der Waals surface area contributed by atoms with E-state index in [0.29, 0.717) is 31.0 Å². The molecule has 1 amide bonds. The van der Waals surface area contributed by atoms with Gasteiger partial charge in [-0.25, -0.2) is 9.07 Å². The van der Waals surface area contributed by atoms with Gasteiger partial charge in [0.05, 0.1) is 35.4 Å². The fourth-order valence-electron chi connectivity index (χ4n) is 4.16. The Kier molecular flexibility index (Phi) is 6.80. The van der Waals surface area contributed by atoms with Crippen LogP contribution in [0, 0.1) is 5.82 Å². The van der Waals surface area contributed by atoms with Gasteiger partial charge in [0.1, 0.15) is 11.5 Å². The molecule has 2 aromatic heterocycles. The molecule has 1 fully saturated rings. The summed E-state index contributed by atoms with van der Waals surface area (Å²) >= 11 is 1.55. The van der Waals surface area contributed by atoms with Gasteiger partial charge in [-0.1, -0.05) is 36.4 Å². The molecule has 1 saturated heterocycles. The standard InChI is InChI=1S/C26H25FN4O2S/c27-20-10-8-19(9-11-20)23(30-12-14-33-15-13-30)17-28-26(32)22-18-31(21-5-2-1-3-6-21)29-25(22)24-7-4-16-34-24/h1-11,16,18,23H,12-15,17H2,(H,28,32). The maximum atomic E-state index is 13.5. The predicted molar refractivity (Wildman–Crippen MR) is 131 cm³/mol. The van der Waals surface area contributed by atoms with Crippen molar-refractivity contribution in [3.05, 3.63) is 95.3 Å². The van der Waals surface area contributed by atoms with Crippen molar-refractivity contribution in [2.45, 2.75) is 6.04 Å². The maximum absolute atomic E-state index is 13.5. The second-order valence-electron chi connectivity index (χ2n) is 8.07. The molecule has 0 spiro atoms. The van der Waals surface area contributed by atoms with Gasteiger partial charge in [-0.15, -0.1) is 11.3 Å². The van der Waals surface area contributed by atoms with Crippen LogP contribution in [0.4, 0.5) is 4.39 Å². The van der Waals surface area contributed by atoms with Crippen molar-refractivity contribution < 1.29 is 13.9 Å². The average Bonchev–Trinajstić information content (AvgIpc) is 3.57. The highest BCUT2D eigenvalue weighted by Crippen LogP contribution is 2.28. The van der Waals surface area contributed by atoms with Crippen LogP contribution in [0.25, 0.3) is 16.3 Å². The van der Waals surface area contributed by atoms with E-state index in [9.17, 15) is 9.18 Å². The lowest BCUT2D eigenvalue weighted by Gasteiger charge is -2.35. The first-order valence-corrected chi connectivity index (χ1v) is 12.1. The zero-order valence-electron chi connectivity index (χ0n) is 18.6. The molecule has 1 unspecified atom stereocenters. The molecule has 0 aliphatic carbocycles. The van der Waals surface area contributed by atoms with Gasteiger partial charge in [-0.05, 0) is 41.3 Å². The highest BCUT2D eigenvalue weighted by atomic mass is 32.1. The minimum Gasteiger partial charge on any atom is -0.379 e. The second-order valence-corrected chi connectivity index (χ2v) is 9.02. The van der Waals surface area contributed by atoms with Gasteiger partial charge in [-0.3, -0.25) is 9.69 Å². The first-order chi connectivity index (χ1) is 16.7. The minimum atomic E-state index is -0.276. The Balaban J connectivity index is 1.41. The normalized spacial score (nSPS) is 15.2. The summed E-state index contributed by atoms with van der Waals surface area (Å²) in [6, 6.07) is 20.1. The molecule has 0 saturated carbocycles.